The van der Waals surface area contributed by atoms with E-state index in [0.717, 1.165) is 5.56 Å². The summed E-state index contributed by atoms with van der Waals surface area (Å²) in [6, 6.07) is 5.49. The van der Waals surface area contributed by atoms with E-state index in [4.69, 9.17) is 4.74 Å². The first-order valence-electron chi connectivity index (χ1n) is 5.97. The van der Waals surface area contributed by atoms with Crippen molar-refractivity contribution < 1.29 is 18.3 Å². The third-order valence-corrected chi connectivity index (χ3v) is 4.38. The summed E-state index contributed by atoms with van der Waals surface area (Å²) in [6.45, 7) is 5.30. The van der Waals surface area contributed by atoms with Crippen molar-refractivity contribution in [2.24, 2.45) is 0 Å². The molecule has 0 saturated heterocycles. The van der Waals surface area contributed by atoms with Gasteiger partial charge in [-0.3, -0.25) is 0 Å². The van der Waals surface area contributed by atoms with E-state index in [1.54, 1.807) is 26.0 Å². The minimum Gasteiger partial charge on any atom is -0.492 e. The monoisotopic (exact) mass is 272 g/mol. The molecule has 0 aliphatic carbocycles. The zero-order chi connectivity index (χ0) is 13.8. The van der Waals surface area contributed by atoms with Crippen molar-refractivity contribution in [2.75, 3.05) is 18.1 Å². The van der Waals surface area contributed by atoms with Gasteiger partial charge in [0.15, 0.2) is 9.84 Å². The highest BCUT2D eigenvalue weighted by Gasteiger charge is 2.11. The highest BCUT2D eigenvalue weighted by atomic mass is 32.2. The first-order valence-corrected chi connectivity index (χ1v) is 7.79. The molecule has 0 heterocycles. The van der Waals surface area contributed by atoms with Crippen molar-refractivity contribution in [3.63, 3.8) is 0 Å². The molecule has 18 heavy (non-hydrogen) atoms. The maximum Gasteiger partial charge on any atom is 0.153 e. The smallest absolute Gasteiger partial charge is 0.153 e. The van der Waals surface area contributed by atoms with E-state index in [2.05, 4.69) is 0 Å². The van der Waals surface area contributed by atoms with Crippen molar-refractivity contribution in [2.45, 2.75) is 26.9 Å². The number of aliphatic hydroxyl groups excluding tert-OH is 1. The maximum atomic E-state index is 11.3. The zero-order valence-electron chi connectivity index (χ0n) is 11.0. The maximum absolute atomic E-state index is 11.3. The molecule has 1 aromatic rings. The molecule has 5 heteroatoms. The number of hydrogen-bond donors (Lipinski definition) is 1. The Morgan fingerprint density at radius 2 is 2.06 bits per heavy atom. The predicted octanol–water partition coefficient (Wildman–Crippen LogP) is 1.86. The Labute approximate surface area is 109 Å². The second kappa shape index (κ2) is 6.20. The normalized spacial score (nSPS) is 13.3. The van der Waals surface area contributed by atoms with Gasteiger partial charge in [0.2, 0.25) is 0 Å². The molecule has 1 atom stereocenters. The molecule has 0 saturated carbocycles. The van der Waals surface area contributed by atoms with Crippen molar-refractivity contribution in [1.82, 2.24) is 0 Å². The summed E-state index contributed by atoms with van der Waals surface area (Å²) >= 11 is 0. The Morgan fingerprint density at radius 3 is 2.61 bits per heavy atom. The van der Waals surface area contributed by atoms with Crippen LogP contribution in [-0.4, -0.2) is 31.6 Å². The average Bonchev–Trinajstić information content (AvgIpc) is 2.28. The number of sulfone groups is 1. The first kappa shape index (κ1) is 15.0. The lowest BCUT2D eigenvalue weighted by molar-refractivity contribution is 0.192. The lowest BCUT2D eigenvalue weighted by Crippen LogP contribution is -2.16. The number of rotatable bonds is 6. The Balaban J connectivity index is 2.75. The van der Waals surface area contributed by atoms with E-state index >= 15 is 0 Å². The molecule has 102 valence electrons. The van der Waals surface area contributed by atoms with Gasteiger partial charge in [0.25, 0.3) is 0 Å². The zero-order valence-corrected chi connectivity index (χ0v) is 11.8. The molecule has 1 aromatic carbocycles. The SMILES string of the molecule is CCS(=O)(=O)CCOc1cc(C)ccc1[C@@H](C)O. The molecule has 0 aromatic heterocycles. The molecule has 0 unspecified atom stereocenters. The molecule has 0 aliphatic heterocycles. The van der Waals surface area contributed by atoms with Crippen LogP contribution in [0.1, 0.15) is 31.1 Å². The Kier molecular flexibility index (Phi) is 5.16. The Hall–Kier alpha value is -1.07. The molecule has 0 bridgehead atoms. The Bertz CT molecular complexity index is 492. The average molecular weight is 272 g/mol. The van der Waals surface area contributed by atoms with Crippen LogP contribution < -0.4 is 4.74 Å². The van der Waals surface area contributed by atoms with E-state index in [0.29, 0.717) is 11.3 Å². The number of hydrogen-bond acceptors (Lipinski definition) is 4. The molecule has 0 fully saturated rings. The predicted molar refractivity (Wildman–Crippen MR) is 71.6 cm³/mol. The van der Waals surface area contributed by atoms with Crippen LogP contribution in [0.2, 0.25) is 0 Å². The van der Waals surface area contributed by atoms with Gasteiger partial charge < -0.3 is 9.84 Å². The van der Waals surface area contributed by atoms with Crippen molar-refractivity contribution in [1.29, 1.82) is 0 Å². The van der Waals surface area contributed by atoms with Gasteiger partial charge >= 0.3 is 0 Å². The van der Waals surface area contributed by atoms with Crippen molar-refractivity contribution >= 4 is 9.84 Å². The summed E-state index contributed by atoms with van der Waals surface area (Å²) in [6.07, 6.45) is -0.636. The molecule has 0 aliphatic rings. The molecular weight excluding hydrogens is 252 g/mol. The fourth-order valence-corrected chi connectivity index (χ4v) is 2.16. The van der Waals surface area contributed by atoms with Crippen molar-refractivity contribution in [3.05, 3.63) is 29.3 Å². The molecule has 0 spiro atoms. The van der Waals surface area contributed by atoms with E-state index in [1.807, 2.05) is 13.0 Å². The van der Waals surface area contributed by atoms with Crippen LogP contribution in [0.4, 0.5) is 0 Å². The van der Waals surface area contributed by atoms with Gasteiger partial charge in [-0.25, -0.2) is 8.42 Å². The number of benzene rings is 1. The molecular formula is C13H20O4S. The molecule has 0 radical (unpaired) electrons. The topological polar surface area (TPSA) is 63.6 Å². The molecule has 1 N–H and O–H groups in total. The van der Waals surface area contributed by atoms with Crippen molar-refractivity contribution in [3.8, 4) is 5.75 Å². The van der Waals surface area contributed by atoms with Crippen LogP contribution in [-0.2, 0) is 9.84 Å². The van der Waals surface area contributed by atoms with Gasteiger partial charge in [-0.1, -0.05) is 19.1 Å². The summed E-state index contributed by atoms with van der Waals surface area (Å²) in [5, 5.41) is 9.60. The van der Waals surface area contributed by atoms with Gasteiger partial charge in [-0.2, -0.15) is 0 Å². The first-order chi connectivity index (χ1) is 8.35. The highest BCUT2D eigenvalue weighted by Crippen LogP contribution is 2.26. The number of ether oxygens (including phenoxy) is 1. The number of aliphatic hydroxyl groups is 1. The third-order valence-electron chi connectivity index (χ3n) is 2.71. The molecule has 0 amide bonds. The third kappa shape index (κ3) is 4.31. The largest absolute Gasteiger partial charge is 0.492 e. The van der Waals surface area contributed by atoms with Crippen LogP contribution in [0.3, 0.4) is 0 Å². The van der Waals surface area contributed by atoms with Gasteiger partial charge in [-0.15, -0.1) is 0 Å². The summed E-state index contributed by atoms with van der Waals surface area (Å²) in [7, 11) is -3.02. The van der Waals surface area contributed by atoms with Gasteiger partial charge in [-0.05, 0) is 25.5 Å². The quantitative estimate of drug-likeness (QED) is 0.858. The van der Waals surface area contributed by atoms with E-state index in [-0.39, 0.29) is 18.1 Å². The summed E-state index contributed by atoms with van der Waals surface area (Å²) < 4.78 is 28.2. The van der Waals surface area contributed by atoms with Gasteiger partial charge in [0.05, 0.1) is 11.9 Å². The van der Waals surface area contributed by atoms with Gasteiger partial charge in [0.1, 0.15) is 12.4 Å². The summed E-state index contributed by atoms with van der Waals surface area (Å²) in [5.41, 5.74) is 1.68. The van der Waals surface area contributed by atoms with Crippen LogP contribution in [0.15, 0.2) is 18.2 Å². The second-order valence-electron chi connectivity index (χ2n) is 4.30. The van der Waals surface area contributed by atoms with Crippen LogP contribution in [0, 0.1) is 6.92 Å². The molecule has 1 rings (SSSR count). The van der Waals surface area contributed by atoms with E-state index < -0.39 is 15.9 Å². The van der Waals surface area contributed by atoms with Crippen LogP contribution in [0.25, 0.3) is 0 Å². The lowest BCUT2D eigenvalue weighted by atomic mass is 10.1. The Morgan fingerprint density at radius 1 is 1.39 bits per heavy atom. The molecule has 4 nitrogen and oxygen atoms in total. The van der Waals surface area contributed by atoms with E-state index in [9.17, 15) is 13.5 Å². The lowest BCUT2D eigenvalue weighted by Gasteiger charge is -2.14. The fraction of sp³-hybridized carbons (Fsp3) is 0.538. The second-order valence-corrected chi connectivity index (χ2v) is 6.77. The fourth-order valence-electron chi connectivity index (χ4n) is 1.53. The van der Waals surface area contributed by atoms with Crippen LogP contribution >= 0.6 is 0 Å². The summed E-state index contributed by atoms with van der Waals surface area (Å²) in [5.74, 6) is 0.667. The van der Waals surface area contributed by atoms with E-state index in [1.165, 1.54) is 0 Å². The standard InChI is InChI=1S/C13H20O4S/c1-4-18(15,16)8-7-17-13-9-10(2)5-6-12(13)11(3)14/h5-6,9,11,14H,4,7-8H2,1-3H3/t11-/m1/s1. The van der Waals surface area contributed by atoms with Gasteiger partial charge in [0, 0.05) is 11.3 Å². The van der Waals surface area contributed by atoms with Crippen LogP contribution in [0.5, 0.6) is 5.75 Å². The highest BCUT2D eigenvalue weighted by molar-refractivity contribution is 7.91. The number of aryl methyl sites for hydroxylation is 1. The summed E-state index contributed by atoms with van der Waals surface area (Å²) in [4.78, 5) is 0. The minimum atomic E-state index is -3.02. The minimum absolute atomic E-state index is 0.00328.